The first-order chi connectivity index (χ1) is 16.1. The van der Waals surface area contributed by atoms with E-state index in [-0.39, 0.29) is 23.5 Å². The zero-order chi connectivity index (χ0) is 26.0. The molecule has 9 heteroatoms. The van der Waals surface area contributed by atoms with Crippen molar-refractivity contribution in [2.45, 2.75) is 94.8 Å². The number of hydrogen-bond donors (Lipinski definition) is 1. The lowest BCUT2D eigenvalue weighted by Gasteiger charge is -2.54. The molecule has 0 aromatic heterocycles. The van der Waals surface area contributed by atoms with Gasteiger partial charge in [-0.05, 0) is 94.4 Å². The highest BCUT2D eigenvalue weighted by Gasteiger charge is 2.63. The van der Waals surface area contributed by atoms with E-state index in [1.54, 1.807) is 39.8 Å². The summed E-state index contributed by atoms with van der Waals surface area (Å²) in [6.07, 6.45) is 8.06. The van der Waals surface area contributed by atoms with Crippen molar-refractivity contribution in [1.82, 2.24) is 0 Å². The van der Waals surface area contributed by atoms with Crippen LogP contribution in [0.1, 0.15) is 77.3 Å². The summed E-state index contributed by atoms with van der Waals surface area (Å²) in [5, 5.41) is 9.88. The van der Waals surface area contributed by atoms with Crippen molar-refractivity contribution in [3.63, 3.8) is 0 Å². The van der Waals surface area contributed by atoms with E-state index in [2.05, 4.69) is 5.92 Å². The van der Waals surface area contributed by atoms with Crippen LogP contribution >= 0.6 is 0 Å². The van der Waals surface area contributed by atoms with Gasteiger partial charge in [-0.1, -0.05) is 18.9 Å². The van der Waals surface area contributed by atoms with Gasteiger partial charge in [-0.15, -0.1) is 6.42 Å². The smallest absolute Gasteiger partial charge is 0.311 e. The molecule has 3 aliphatic rings. The summed E-state index contributed by atoms with van der Waals surface area (Å²) in [4.78, 5) is 0. The van der Waals surface area contributed by atoms with Crippen molar-refractivity contribution in [1.29, 1.82) is 0 Å². The Bertz CT molecular complexity index is 1240. The Morgan fingerprint density at radius 3 is 2.31 bits per heavy atom. The number of benzene rings is 1. The molecule has 0 heterocycles. The maximum Gasteiger partial charge on any atom is 0.311 e. The summed E-state index contributed by atoms with van der Waals surface area (Å²) in [6.45, 7) is 8.31. The molecule has 194 valence electrons. The Morgan fingerprint density at radius 1 is 1.06 bits per heavy atom. The molecule has 0 unspecified atom stereocenters. The van der Waals surface area contributed by atoms with E-state index in [0.29, 0.717) is 25.7 Å². The molecule has 2 saturated carbocycles. The first kappa shape index (κ1) is 26.5. The molecule has 1 aromatic rings. The Balaban J connectivity index is 1.77. The van der Waals surface area contributed by atoms with E-state index in [1.165, 1.54) is 0 Å². The predicted molar refractivity (Wildman–Crippen MR) is 134 cm³/mol. The van der Waals surface area contributed by atoms with Gasteiger partial charge in [0.2, 0.25) is 0 Å². The van der Waals surface area contributed by atoms with Crippen molar-refractivity contribution in [2.75, 3.05) is 0 Å². The van der Waals surface area contributed by atoms with Gasteiger partial charge in [0.15, 0.2) is 0 Å². The molecule has 7 nitrogen and oxygen atoms in total. The molecule has 1 N–H and O–H groups in total. The number of fused-ring (bicyclic) bond motifs is 5. The third-order valence-corrected chi connectivity index (χ3v) is 12.0. The fraction of sp³-hybridized carbons (Fsp3) is 0.692. The van der Waals surface area contributed by atoms with Gasteiger partial charge in [0, 0.05) is 11.8 Å². The third-order valence-electron chi connectivity index (χ3n) is 8.71. The van der Waals surface area contributed by atoms with E-state index in [0.717, 1.165) is 17.5 Å². The van der Waals surface area contributed by atoms with Gasteiger partial charge >= 0.3 is 10.1 Å². The average molecular weight is 525 g/mol. The van der Waals surface area contributed by atoms with Crippen molar-refractivity contribution < 1.29 is 30.3 Å². The summed E-state index contributed by atoms with van der Waals surface area (Å²) >= 11 is 0. The highest BCUT2D eigenvalue weighted by Crippen LogP contribution is 2.64. The summed E-state index contributed by atoms with van der Waals surface area (Å²) in [7, 11) is -7.58. The van der Waals surface area contributed by atoms with Crippen molar-refractivity contribution >= 4 is 20.2 Å². The predicted octanol–water partition coefficient (Wildman–Crippen LogP) is 3.76. The van der Waals surface area contributed by atoms with Crippen LogP contribution in [-0.2, 0) is 30.8 Å². The monoisotopic (exact) mass is 524 g/mol. The van der Waals surface area contributed by atoms with Gasteiger partial charge in [0.05, 0.1) is 16.6 Å². The maximum atomic E-state index is 12.9. The Kier molecular flexibility index (Phi) is 6.62. The largest absolute Gasteiger partial charge is 0.382 e. The zero-order valence-corrected chi connectivity index (χ0v) is 22.7. The Labute approximate surface area is 209 Å². The topological polar surface area (TPSA) is 107 Å². The fourth-order valence-electron chi connectivity index (χ4n) is 6.47. The molecule has 6 atom stereocenters. The summed E-state index contributed by atoms with van der Waals surface area (Å²) in [5.41, 5.74) is 0.135. The first-order valence-corrected chi connectivity index (χ1v) is 15.3. The summed E-state index contributed by atoms with van der Waals surface area (Å²) in [5.74, 6) is 2.73. The van der Waals surface area contributed by atoms with Crippen LogP contribution in [0.15, 0.2) is 18.2 Å². The van der Waals surface area contributed by atoms with E-state index < -0.39 is 47.9 Å². The molecule has 0 aliphatic heterocycles. The van der Waals surface area contributed by atoms with Crippen LogP contribution in [0.4, 0.5) is 0 Å². The van der Waals surface area contributed by atoms with Gasteiger partial charge in [-0.2, -0.15) is 16.8 Å². The van der Waals surface area contributed by atoms with Gasteiger partial charge < -0.3 is 9.29 Å². The Hall–Kier alpha value is -1.60. The molecular formula is C26H36O7S2. The number of aliphatic hydroxyl groups is 1. The fourth-order valence-corrected chi connectivity index (χ4v) is 7.80. The second kappa shape index (κ2) is 8.76. The number of terminal acetylenes is 1. The van der Waals surface area contributed by atoms with Crippen molar-refractivity contribution in [3.05, 3.63) is 29.3 Å². The molecule has 4 rings (SSSR count). The minimum absolute atomic E-state index is 0.0000533. The molecule has 2 fully saturated rings. The number of rotatable bonds is 6. The van der Waals surface area contributed by atoms with E-state index >= 15 is 0 Å². The Morgan fingerprint density at radius 2 is 1.71 bits per heavy atom. The molecule has 35 heavy (non-hydrogen) atoms. The summed E-state index contributed by atoms with van der Waals surface area (Å²) in [6, 6.07) is 5.27. The quantitative estimate of drug-likeness (QED) is 0.446. The molecule has 0 saturated heterocycles. The van der Waals surface area contributed by atoms with E-state index in [4.69, 9.17) is 14.8 Å². The minimum atomic E-state index is -3.81. The normalized spacial score (nSPS) is 34.7. The molecule has 0 amide bonds. The van der Waals surface area contributed by atoms with Gasteiger partial charge in [-0.3, -0.25) is 4.18 Å². The average Bonchev–Trinajstić information content (AvgIpc) is 3.04. The molecule has 0 spiro atoms. The molecular weight excluding hydrogens is 488 g/mol. The standard InChI is InChI=1S/C26H36O7S2/c1-7-26(27)13-11-22-24-21(10-12-25(22,26)6)20-9-8-19(32-34(28,29)16(2)3)14-18(20)15-23(24)33-35(30,31)17(4)5/h1,8-9,14,16-17,21-24,27H,10-13,15H2,2-6H3/t21-,22+,23-,24-,25+,26+/m1/s1. The number of hydrogen-bond acceptors (Lipinski definition) is 7. The third kappa shape index (κ3) is 4.30. The lowest BCUT2D eigenvalue weighted by atomic mass is 9.52. The second-order valence-electron chi connectivity index (χ2n) is 11.2. The minimum Gasteiger partial charge on any atom is -0.382 e. The van der Waals surface area contributed by atoms with Gasteiger partial charge in [0.1, 0.15) is 11.4 Å². The van der Waals surface area contributed by atoms with E-state index in [1.807, 2.05) is 13.0 Å². The second-order valence-corrected chi connectivity index (χ2v) is 15.4. The first-order valence-electron chi connectivity index (χ1n) is 12.3. The lowest BCUT2D eigenvalue weighted by Crippen LogP contribution is -2.54. The van der Waals surface area contributed by atoms with Gasteiger partial charge in [-0.25, -0.2) is 0 Å². The highest BCUT2D eigenvalue weighted by atomic mass is 32.2. The van der Waals surface area contributed by atoms with Crippen molar-refractivity contribution in [3.8, 4) is 18.1 Å². The van der Waals surface area contributed by atoms with Crippen molar-refractivity contribution in [2.24, 2.45) is 17.3 Å². The SMILES string of the molecule is C#C[C@]1(O)CC[C@H]2[C@H]3[C@H](CC[C@@]21C)c1ccc(OS(=O)(=O)C(C)C)cc1C[C@H]3OS(=O)(=O)C(C)C. The lowest BCUT2D eigenvalue weighted by molar-refractivity contribution is -0.0849. The van der Waals surface area contributed by atoms with Gasteiger partial charge in [0.25, 0.3) is 10.1 Å². The zero-order valence-electron chi connectivity index (χ0n) is 21.0. The van der Waals surface area contributed by atoms with Crippen LogP contribution in [0.2, 0.25) is 0 Å². The van der Waals surface area contributed by atoms with Crippen LogP contribution < -0.4 is 4.18 Å². The molecule has 1 aromatic carbocycles. The van der Waals surface area contributed by atoms with Crippen LogP contribution in [0.25, 0.3) is 0 Å². The molecule has 0 radical (unpaired) electrons. The van der Waals surface area contributed by atoms with E-state index in [9.17, 15) is 21.9 Å². The maximum absolute atomic E-state index is 12.9. The summed E-state index contributed by atoms with van der Waals surface area (Å²) < 4.78 is 61.5. The molecule has 0 bridgehead atoms. The van der Waals surface area contributed by atoms with Crippen LogP contribution in [0.3, 0.4) is 0 Å². The van der Waals surface area contributed by atoms with Crippen LogP contribution in [-0.4, -0.2) is 44.1 Å². The van der Waals surface area contributed by atoms with Crippen LogP contribution in [0.5, 0.6) is 5.75 Å². The molecule has 3 aliphatic carbocycles. The van der Waals surface area contributed by atoms with Crippen LogP contribution in [0, 0.1) is 29.6 Å². The highest BCUT2D eigenvalue weighted by molar-refractivity contribution is 7.87.